The van der Waals surface area contributed by atoms with Gasteiger partial charge in [0, 0.05) is 13.1 Å². The zero-order valence-electron chi connectivity index (χ0n) is 10.9. The lowest BCUT2D eigenvalue weighted by molar-refractivity contribution is -0.138. The van der Waals surface area contributed by atoms with Gasteiger partial charge in [-0.25, -0.2) is 0 Å². The number of nitrogens with two attached hydrogens (primary N) is 1. The van der Waals surface area contributed by atoms with Crippen molar-refractivity contribution in [2.24, 2.45) is 5.73 Å². The van der Waals surface area contributed by atoms with Crippen molar-refractivity contribution in [3.8, 4) is 0 Å². The second kappa shape index (κ2) is 6.12. The highest BCUT2D eigenvalue weighted by atomic mass is 32.1. The zero-order chi connectivity index (χ0) is 13.8. The molecule has 1 aromatic carbocycles. The summed E-state index contributed by atoms with van der Waals surface area (Å²) in [5, 5.41) is 0. The van der Waals surface area contributed by atoms with Crippen LogP contribution in [-0.4, -0.2) is 41.6 Å². The van der Waals surface area contributed by atoms with E-state index in [2.05, 4.69) is 0 Å². The van der Waals surface area contributed by atoms with Gasteiger partial charge in [-0.05, 0) is 12.5 Å². The molecule has 1 aliphatic heterocycles. The maximum Gasteiger partial charge on any atom is 0.237 e. The summed E-state index contributed by atoms with van der Waals surface area (Å²) in [6.45, 7) is 3.70. The van der Waals surface area contributed by atoms with E-state index in [-0.39, 0.29) is 17.0 Å². The molecule has 2 rings (SSSR count). The molecule has 19 heavy (non-hydrogen) atoms. The van der Waals surface area contributed by atoms with Crippen molar-refractivity contribution in [1.29, 1.82) is 0 Å². The van der Waals surface area contributed by atoms with Crippen molar-refractivity contribution in [2.45, 2.75) is 18.9 Å². The predicted molar refractivity (Wildman–Crippen MR) is 78.0 cm³/mol. The Bertz CT molecular complexity index is 464. The van der Waals surface area contributed by atoms with Gasteiger partial charge in [-0.3, -0.25) is 4.79 Å². The molecule has 1 aromatic rings. The van der Waals surface area contributed by atoms with Crippen molar-refractivity contribution >= 4 is 23.1 Å². The second-order valence-electron chi connectivity index (χ2n) is 4.71. The van der Waals surface area contributed by atoms with Crippen LogP contribution in [0.1, 0.15) is 18.4 Å². The Morgan fingerprint density at radius 3 is 2.74 bits per heavy atom. The number of nitrogens with zero attached hydrogens (tertiary/aromatic N) is 1. The summed E-state index contributed by atoms with van der Waals surface area (Å²) in [4.78, 5) is 14.6. The Labute approximate surface area is 118 Å². The summed E-state index contributed by atoms with van der Waals surface area (Å²) in [5.74, 6) is -0.574. The van der Waals surface area contributed by atoms with Crippen LogP contribution in [0.4, 0.5) is 0 Å². The smallest absolute Gasteiger partial charge is 0.237 e. The van der Waals surface area contributed by atoms with Crippen molar-refractivity contribution in [1.82, 2.24) is 4.90 Å². The van der Waals surface area contributed by atoms with Gasteiger partial charge in [0.2, 0.25) is 5.91 Å². The first-order valence-corrected chi connectivity index (χ1v) is 6.75. The fourth-order valence-corrected chi connectivity index (χ4v) is 2.51. The van der Waals surface area contributed by atoms with Gasteiger partial charge in [0.05, 0.1) is 17.7 Å². The molecule has 1 aliphatic rings. The third-order valence-electron chi connectivity index (χ3n) is 3.22. The van der Waals surface area contributed by atoms with E-state index in [1.54, 1.807) is 4.90 Å². The SMILES string of the molecule is CC1CN(C(=O)C(C(N)=S)c2ccccc2)CCO1. The highest BCUT2D eigenvalue weighted by molar-refractivity contribution is 7.80. The number of hydrogen-bond donors (Lipinski definition) is 1. The fourth-order valence-electron chi connectivity index (χ4n) is 2.28. The molecule has 2 atom stereocenters. The first kappa shape index (κ1) is 14.0. The van der Waals surface area contributed by atoms with E-state index in [4.69, 9.17) is 22.7 Å². The molecule has 4 nitrogen and oxygen atoms in total. The van der Waals surface area contributed by atoms with Crippen LogP contribution < -0.4 is 5.73 Å². The molecule has 2 unspecified atom stereocenters. The number of benzene rings is 1. The van der Waals surface area contributed by atoms with Gasteiger partial charge in [0.1, 0.15) is 5.92 Å². The standard InChI is InChI=1S/C14H18N2O2S/c1-10-9-16(7-8-18-10)14(17)12(13(15)19)11-5-3-2-4-6-11/h2-6,10,12H,7-9H2,1H3,(H2,15,19). The zero-order valence-corrected chi connectivity index (χ0v) is 11.7. The summed E-state index contributed by atoms with van der Waals surface area (Å²) in [6.07, 6.45) is 0.0560. The molecular weight excluding hydrogens is 260 g/mol. The number of thiocarbonyl (C=S) groups is 1. The molecule has 0 bridgehead atoms. The van der Waals surface area contributed by atoms with Crippen LogP contribution in [0.25, 0.3) is 0 Å². The third kappa shape index (κ3) is 3.30. The largest absolute Gasteiger partial charge is 0.392 e. The van der Waals surface area contributed by atoms with Crippen molar-refractivity contribution in [2.75, 3.05) is 19.7 Å². The Balaban J connectivity index is 2.20. The summed E-state index contributed by atoms with van der Waals surface area (Å²) >= 11 is 5.07. The van der Waals surface area contributed by atoms with Gasteiger partial charge in [0.15, 0.2) is 0 Å². The number of ether oxygens (including phenoxy) is 1. The molecule has 0 saturated carbocycles. The van der Waals surface area contributed by atoms with Crippen LogP contribution in [0.15, 0.2) is 30.3 Å². The molecule has 0 radical (unpaired) electrons. The van der Waals surface area contributed by atoms with Crippen molar-refractivity contribution in [3.63, 3.8) is 0 Å². The Hall–Kier alpha value is -1.46. The second-order valence-corrected chi connectivity index (χ2v) is 5.18. The number of carbonyl (C=O) groups excluding carboxylic acids is 1. The van der Waals surface area contributed by atoms with Gasteiger partial charge < -0.3 is 15.4 Å². The minimum atomic E-state index is -0.540. The normalized spacial score (nSPS) is 20.9. The number of hydrogen-bond acceptors (Lipinski definition) is 3. The quantitative estimate of drug-likeness (QED) is 0.847. The van der Waals surface area contributed by atoms with E-state index in [0.29, 0.717) is 19.7 Å². The van der Waals surface area contributed by atoms with E-state index < -0.39 is 5.92 Å². The molecule has 1 amide bonds. The molecule has 0 aliphatic carbocycles. The lowest BCUT2D eigenvalue weighted by atomic mass is 9.97. The van der Waals surface area contributed by atoms with Crippen LogP contribution in [0.2, 0.25) is 0 Å². The van der Waals surface area contributed by atoms with E-state index in [1.807, 2.05) is 37.3 Å². The third-order valence-corrected chi connectivity index (χ3v) is 3.45. The first-order chi connectivity index (χ1) is 9.09. The van der Waals surface area contributed by atoms with E-state index in [9.17, 15) is 4.79 Å². The highest BCUT2D eigenvalue weighted by Crippen LogP contribution is 2.20. The minimum Gasteiger partial charge on any atom is -0.392 e. The number of carbonyl (C=O) groups is 1. The van der Waals surface area contributed by atoms with Gasteiger partial charge in [0.25, 0.3) is 0 Å². The van der Waals surface area contributed by atoms with Crippen LogP contribution in [0.3, 0.4) is 0 Å². The van der Waals surface area contributed by atoms with E-state index in [0.717, 1.165) is 5.56 Å². The lowest BCUT2D eigenvalue weighted by Gasteiger charge is -2.33. The van der Waals surface area contributed by atoms with Gasteiger partial charge >= 0.3 is 0 Å². The molecule has 5 heteroatoms. The topological polar surface area (TPSA) is 55.6 Å². The Morgan fingerprint density at radius 2 is 2.16 bits per heavy atom. The average Bonchev–Trinajstić information content (AvgIpc) is 2.39. The summed E-state index contributed by atoms with van der Waals surface area (Å²) < 4.78 is 5.45. The molecule has 1 saturated heterocycles. The first-order valence-electron chi connectivity index (χ1n) is 6.34. The fraction of sp³-hybridized carbons (Fsp3) is 0.429. The van der Waals surface area contributed by atoms with Gasteiger partial charge in [-0.15, -0.1) is 0 Å². The van der Waals surface area contributed by atoms with Crippen molar-refractivity contribution < 1.29 is 9.53 Å². The van der Waals surface area contributed by atoms with E-state index >= 15 is 0 Å². The molecule has 1 heterocycles. The van der Waals surface area contributed by atoms with Gasteiger partial charge in [-0.2, -0.15) is 0 Å². The predicted octanol–water partition coefficient (Wildman–Crippen LogP) is 1.30. The highest BCUT2D eigenvalue weighted by Gasteiger charge is 2.30. The number of rotatable bonds is 3. The maximum absolute atomic E-state index is 12.6. The van der Waals surface area contributed by atoms with Crippen molar-refractivity contribution in [3.05, 3.63) is 35.9 Å². The number of morpholine rings is 1. The summed E-state index contributed by atoms with van der Waals surface area (Å²) in [6, 6.07) is 9.43. The molecule has 0 spiro atoms. The Kier molecular flexibility index (Phi) is 4.50. The molecule has 2 N–H and O–H groups in total. The molecule has 1 fully saturated rings. The van der Waals surface area contributed by atoms with Crippen LogP contribution in [-0.2, 0) is 9.53 Å². The van der Waals surface area contributed by atoms with E-state index in [1.165, 1.54) is 0 Å². The minimum absolute atomic E-state index is 0.0335. The average molecular weight is 278 g/mol. The van der Waals surface area contributed by atoms with Gasteiger partial charge in [-0.1, -0.05) is 42.5 Å². The summed E-state index contributed by atoms with van der Waals surface area (Å²) in [5.41, 5.74) is 6.61. The molecule has 102 valence electrons. The lowest BCUT2D eigenvalue weighted by Crippen LogP contribution is -2.48. The monoisotopic (exact) mass is 278 g/mol. The maximum atomic E-state index is 12.6. The van der Waals surface area contributed by atoms with Crippen LogP contribution >= 0.6 is 12.2 Å². The molecule has 0 aromatic heterocycles. The molecular formula is C14H18N2O2S. The number of amides is 1. The van der Waals surface area contributed by atoms with Crippen LogP contribution in [0, 0.1) is 0 Å². The van der Waals surface area contributed by atoms with Crippen LogP contribution in [0.5, 0.6) is 0 Å². The summed E-state index contributed by atoms with van der Waals surface area (Å²) in [7, 11) is 0. The Morgan fingerprint density at radius 1 is 1.47 bits per heavy atom.